The van der Waals surface area contributed by atoms with Crippen molar-refractivity contribution < 1.29 is 4.74 Å². The largest absolute Gasteiger partial charge is 0.421 e. The number of ether oxygens (including phenoxy) is 1. The third kappa shape index (κ3) is 3.34. The van der Waals surface area contributed by atoms with E-state index in [0.29, 0.717) is 17.8 Å². The highest BCUT2D eigenvalue weighted by Crippen LogP contribution is 2.37. The molecule has 1 aliphatic heterocycles. The molecule has 9 heteroatoms. The number of nitrogens with one attached hydrogen (secondary N) is 1. The molecule has 1 saturated carbocycles. The molecule has 5 heterocycles. The Bertz CT molecular complexity index is 1210. The first-order valence-electron chi connectivity index (χ1n) is 10.9. The van der Waals surface area contributed by atoms with E-state index in [-0.39, 0.29) is 0 Å². The molecule has 2 fully saturated rings. The van der Waals surface area contributed by atoms with E-state index in [9.17, 15) is 0 Å². The number of aromatic nitrogens is 6. The molecule has 31 heavy (non-hydrogen) atoms. The van der Waals surface area contributed by atoms with Gasteiger partial charge < -0.3 is 19.5 Å². The number of nitrogens with zero attached hydrogens (tertiary/aromatic N) is 7. The van der Waals surface area contributed by atoms with Crippen LogP contribution >= 0.6 is 0 Å². The van der Waals surface area contributed by atoms with Crippen molar-refractivity contribution in [2.75, 3.05) is 31.1 Å². The van der Waals surface area contributed by atoms with Gasteiger partial charge in [0.25, 0.3) is 0 Å². The van der Waals surface area contributed by atoms with Gasteiger partial charge in [0.1, 0.15) is 5.65 Å². The quantitative estimate of drug-likeness (QED) is 0.542. The summed E-state index contributed by atoms with van der Waals surface area (Å²) in [5.74, 6) is 1.25. The summed E-state index contributed by atoms with van der Waals surface area (Å²) in [5, 5.41) is 5.49. The number of hydrogen-bond donors (Lipinski definition) is 1. The Morgan fingerprint density at radius 3 is 2.55 bits per heavy atom. The molecule has 0 unspecified atom stereocenters. The topological polar surface area (TPSA) is 93.9 Å². The molecule has 1 saturated heterocycles. The Balaban J connectivity index is 1.33. The van der Waals surface area contributed by atoms with Crippen LogP contribution in [0.3, 0.4) is 0 Å². The van der Waals surface area contributed by atoms with Gasteiger partial charge in [-0.1, -0.05) is 12.8 Å². The summed E-state index contributed by atoms with van der Waals surface area (Å²) >= 11 is 0. The van der Waals surface area contributed by atoms with Gasteiger partial charge in [-0.3, -0.25) is 4.98 Å². The van der Waals surface area contributed by atoms with Crippen molar-refractivity contribution in [3.05, 3.63) is 37.1 Å². The van der Waals surface area contributed by atoms with Crippen LogP contribution in [0.2, 0.25) is 0 Å². The molecule has 158 valence electrons. The Morgan fingerprint density at radius 2 is 1.74 bits per heavy atom. The van der Waals surface area contributed by atoms with Crippen molar-refractivity contribution in [2.45, 2.75) is 31.7 Å². The zero-order chi connectivity index (χ0) is 20.6. The van der Waals surface area contributed by atoms with Crippen molar-refractivity contribution in [1.29, 1.82) is 0 Å². The van der Waals surface area contributed by atoms with Crippen molar-refractivity contribution in [3.8, 4) is 11.8 Å². The van der Waals surface area contributed by atoms with Gasteiger partial charge in [0.15, 0.2) is 5.75 Å². The number of anilines is 1. The summed E-state index contributed by atoms with van der Waals surface area (Å²) in [4.78, 5) is 24.7. The Labute approximate surface area is 179 Å². The van der Waals surface area contributed by atoms with E-state index in [4.69, 9.17) is 9.72 Å². The zero-order valence-electron chi connectivity index (χ0n) is 17.2. The molecule has 0 spiro atoms. The van der Waals surface area contributed by atoms with E-state index in [0.717, 1.165) is 66.9 Å². The summed E-state index contributed by atoms with van der Waals surface area (Å²) in [5.41, 5.74) is 2.01. The average molecular weight is 416 g/mol. The van der Waals surface area contributed by atoms with Gasteiger partial charge in [0, 0.05) is 55.4 Å². The minimum Gasteiger partial charge on any atom is -0.421 e. The molecule has 0 aromatic carbocycles. The lowest BCUT2D eigenvalue weighted by molar-refractivity contribution is 0.437. The van der Waals surface area contributed by atoms with Gasteiger partial charge in [-0.15, -0.1) is 0 Å². The molecule has 0 atom stereocenters. The minimum atomic E-state index is 0.307. The maximum Gasteiger partial charge on any atom is 0.324 e. The summed E-state index contributed by atoms with van der Waals surface area (Å²) in [6, 6.07) is 2.78. The van der Waals surface area contributed by atoms with Crippen molar-refractivity contribution >= 4 is 27.9 Å². The highest BCUT2D eigenvalue weighted by Gasteiger charge is 2.23. The summed E-state index contributed by atoms with van der Waals surface area (Å²) < 4.78 is 8.26. The lowest BCUT2D eigenvalue weighted by Crippen LogP contribution is -2.44. The lowest BCUT2D eigenvalue weighted by atomic mass is 10.2. The molecule has 4 aromatic rings. The summed E-state index contributed by atoms with van der Waals surface area (Å²) in [6.45, 7) is 3.70. The highest BCUT2D eigenvalue weighted by atomic mass is 16.5. The maximum absolute atomic E-state index is 5.94. The lowest BCUT2D eigenvalue weighted by Gasteiger charge is -2.27. The third-order valence-electron chi connectivity index (χ3n) is 6.24. The van der Waals surface area contributed by atoms with Crippen molar-refractivity contribution in [2.24, 2.45) is 0 Å². The molecule has 0 amide bonds. The highest BCUT2D eigenvalue weighted by molar-refractivity contribution is 6.06. The Morgan fingerprint density at radius 1 is 0.935 bits per heavy atom. The maximum atomic E-state index is 5.94. The second-order valence-corrected chi connectivity index (χ2v) is 8.15. The average Bonchev–Trinajstić information content (AvgIpc) is 3.46. The van der Waals surface area contributed by atoms with E-state index in [1.54, 1.807) is 12.4 Å². The van der Waals surface area contributed by atoms with Gasteiger partial charge in [-0.2, -0.15) is 4.98 Å². The van der Waals surface area contributed by atoms with Gasteiger partial charge in [-0.05, 0) is 18.9 Å². The molecule has 4 aromatic heterocycles. The number of piperazine rings is 1. The van der Waals surface area contributed by atoms with Crippen LogP contribution in [0.4, 0.5) is 5.95 Å². The van der Waals surface area contributed by atoms with Gasteiger partial charge >= 0.3 is 6.01 Å². The molecule has 0 bridgehead atoms. The van der Waals surface area contributed by atoms with Crippen LogP contribution in [0, 0.1) is 0 Å². The third-order valence-corrected chi connectivity index (χ3v) is 6.24. The number of fused-ring (bicyclic) bond motifs is 3. The van der Waals surface area contributed by atoms with Crippen LogP contribution in [-0.4, -0.2) is 55.7 Å². The second-order valence-electron chi connectivity index (χ2n) is 8.15. The smallest absolute Gasteiger partial charge is 0.324 e. The normalized spacial score (nSPS) is 17.6. The predicted molar refractivity (Wildman–Crippen MR) is 118 cm³/mol. The van der Waals surface area contributed by atoms with Gasteiger partial charge in [0.2, 0.25) is 5.95 Å². The first kappa shape index (κ1) is 18.4. The van der Waals surface area contributed by atoms with Crippen LogP contribution < -0.4 is 15.0 Å². The van der Waals surface area contributed by atoms with Crippen LogP contribution in [-0.2, 0) is 0 Å². The van der Waals surface area contributed by atoms with Crippen LogP contribution in [0.25, 0.3) is 21.9 Å². The number of hydrogen-bond acceptors (Lipinski definition) is 8. The molecule has 1 aliphatic carbocycles. The van der Waals surface area contributed by atoms with Gasteiger partial charge in [-0.25, -0.2) is 15.0 Å². The molecule has 6 rings (SSSR count). The monoisotopic (exact) mass is 416 g/mol. The SMILES string of the molecule is c1cc2c3cnc(Oc4cnc(N5CCNCC5)nc4)nc3n(C3CCCC3)c2cn1. The Hall–Kier alpha value is -3.33. The molecular formula is C22H24N8O. The fourth-order valence-corrected chi connectivity index (χ4v) is 4.73. The first-order valence-corrected chi connectivity index (χ1v) is 10.9. The van der Waals surface area contributed by atoms with Gasteiger partial charge in [0.05, 0.1) is 24.1 Å². The fourth-order valence-electron chi connectivity index (χ4n) is 4.73. The zero-order valence-corrected chi connectivity index (χ0v) is 17.2. The van der Waals surface area contributed by atoms with E-state index in [1.165, 1.54) is 12.8 Å². The van der Waals surface area contributed by atoms with Crippen LogP contribution in [0.5, 0.6) is 11.8 Å². The Kier molecular flexibility index (Phi) is 4.60. The van der Waals surface area contributed by atoms with E-state index >= 15 is 0 Å². The summed E-state index contributed by atoms with van der Waals surface area (Å²) in [6.07, 6.45) is 13.8. The molecule has 9 nitrogen and oxygen atoms in total. The molecule has 0 radical (unpaired) electrons. The number of pyridine rings is 1. The van der Waals surface area contributed by atoms with Crippen LogP contribution in [0.1, 0.15) is 31.7 Å². The molecule has 2 aliphatic rings. The number of rotatable bonds is 4. The standard InChI is InChI=1S/C22H24N8O/c1-2-4-15(3-1)30-19-14-24-6-5-17(19)18-13-27-22(28-20(18)30)31-16-11-25-21(26-12-16)29-9-7-23-8-10-29/h5-6,11-15,23H,1-4,7-10H2. The minimum absolute atomic E-state index is 0.307. The van der Waals surface area contributed by atoms with Crippen molar-refractivity contribution in [3.63, 3.8) is 0 Å². The second kappa shape index (κ2) is 7.73. The fraction of sp³-hybridized carbons (Fsp3) is 0.409. The van der Waals surface area contributed by atoms with Crippen molar-refractivity contribution in [1.82, 2.24) is 34.8 Å². The first-order chi connectivity index (χ1) is 15.4. The van der Waals surface area contributed by atoms with E-state index in [1.807, 2.05) is 24.7 Å². The molecule has 1 N–H and O–H groups in total. The predicted octanol–water partition coefficient (Wildman–Crippen LogP) is 3.09. The van der Waals surface area contributed by atoms with E-state index < -0.39 is 0 Å². The van der Waals surface area contributed by atoms with Crippen LogP contribution in [0.15, 0.2) is 37.1 Å². The van der Waals surface area contributed by atoms with E-state index in [2.05, 4.69) is 34.7 Å². The molecular weight excluding hydrogens is 392 g/mol. The summed E-state index contributed by atoms with van der Waals surface area (Å²) in [7, 11) is 0.